The van der Waals surface area contributed by atoms with Crippen LogP contribution in [0.5, 0.6) is 0 Å². The van der Waals surface area contributed by atoms with E-state index in [2.05, 4.69) is 21.1 Å². The van der Waals surface area contributed by atoms with Gasteiger partial charge in [0.15, 0.2) is 11.6 Å². The van der Waals surface area contributed by atoms with E-state index in [1.54, 1.807) is 0 Å². The topological polar surface area (TPSA) is 52.0 Å². The molecule has 0 aliphatic carbocycles. The quantitative estimate of drug-likeness (QED) is 0.870. The van der Waals surface area contributed by atoms with Crippen molar-refractivity contribution in [2.45, 2.75) is 0 Å². The molecule has 0 aromatic carbocycles. The maximum atomic E-state index is 5.88. The zero-order valence-corrected chi connectivity index (χ0v) is 9.41. The molecule has 0 saturated heterocycles. The van der Waals surface area contributed by atoms with Crippen molar-refractivity contribution in [3.05, 3.63) is 20.9 Å². The van der Waals surface area contributed by atoms with Crippen LogP contribution in [0.4, 0.5) is 5.82 Å². The third-order valence-electron chi connectivity index (χ3n) is 1.48. The fraction of sp³-hybridized carbons (Fsp3) is 0. The van der Waals surface area contributed by atoms with Gasteiger partial charge >= 0.3 is 0 Å². The lowest BCUT2D eigenvalue weighted by atomic mass is 10.3. The van der Waals surface area contributed by atoms with Gasteiger partial charge in [0.25, 0.3) is 0 Å². The Labute approximate surface area is 91.6 Å². The fourth-order valence-electron chi connectivity index (χ4n) is 0.888. The normalized spacial score (nSPS) is 10.6. The van der Waals surface area contributed by atoms with Crippen molar-refractivity contribution >= 4 is 44.7 Å². The van der Waals surface area contributed by atoms with Crippen molar-refractivity contribution in [3.8, 4) is 10.6 Å². The number of aromatic nitrogens is 1. The van der Waals surface area contributed by atoms with Crippen LogP contribution < -0.4 is 5.73 Å². The average molecular weight is 280 g/mol. The standard InChI is InChI=1S/C7H4BrClN2OS/c8-3-1-2-13-6(3)5-4(9)7(10)11-12-5/h1-2H,(H2,10,11). The Bertz CT molecular complexity index is 439. The molecule has 2 N–H and O–H groups in total. The van der Waals surface area contributed by atoms with Gasteiger partial charge in [-0.15, -0.1) is 11.3 Å². The molecule has 0 unspecified atom stereocenters. The van der Waals surface area contributed by atoms with Gasteiger partial charge < -0.3 is 10.3 Å². The summed E-state index contributed by atoms with van der Waals surface area (Å²) in [4.78, 5) is 0.897. The lowest BCUT2D eigenvalue weighted by molar-refractivity contribution is 0.436. The molecule has 0 spiro atoms. The second-order valence-electron chi connectivity index (χ2n) is 2.31. The van der Waals surface area contributed by atoms with Crippen LogP contribution >= 0.6 is 38.9 Å². The molecular formula is C7H4BrClN2OS. The molecule has 13 heavy (non-hydrogen) atoms. The molecule has 0 aliphatic heterocycles. The van der Waals surface area contributed by atoms with Crippen molar-refractivity contribution in [2.75, 3.05) is 5.73 Å². The Kier molecular flexibility index (Phi) is 2.31. The van der Waals surface area contributed by atoms with Crippen LogP contribution in [-0.2, 0) is 0 Å². The van der Waals surface area contributed by atoms with Crippen LogP contribution in [0.1, 0.15) is 0 Å². The van der Waals surface area contributed by atoms with E-state index in [1.807, 2.05) is 11.4 Å². The first-order chi connectivity index (χ1) is 6.20. The van der Waals surface area contributed by atoms with Gasteiger partial charge in [0.1, 0.15) is 5.02 Å². The monoisotopic (exact) mass is 278 g/mol. The molecule has 2 heterocycles. The van der Waals surface area contributed by atoms with Crippen LogP contribution in [0.2, 0.25) is 5.02 Å². The minimum Gasteiger partial charge on any atom is -0.380 e. The number of thiophene rings is 1. The summed E-state index contributed by atoms with van der Waals surface area (Å²) in [6.45, 7) is 0. The van der Waals surface area contributed by atoms with Crippen LogP contribution in [-0.4, -0.2) is 5.16 Å². The van der Waals surface area contributed by atoms with E-state index in [1.165, 1.54) is 11.3 Å². The Morgan fingerprint density at radius 3 is 2.85 bits per heavy atom. The number of nitrogens with zero attached hydrogens (tertiary/aromatic N) is 1. The third-order valence-corrected chi connectivity index (χ3v) is 3.68. The van der Waals surface area contributed by atoms with Crippen molar-refractivity contribution in [3.63, 3.8) is 0 Å². The molecule has 2 aromatic heterocycles. The summed E-state index contributed by atoms with van der Waals surface area (Å²) < 4.78 is 5.92. The average Bonchev–Trinajstić information content (AvgIpc) is 2.62. The predicted molar refractivity (Wildman–Crippen MR) is 56.9 cm³/mol. The van der Waals surface area contributed by atoms with E-state index in [9.17, 15) is 0 Å². The van der Waals surface area contributed by atoms with Gasteiger partial charge in [-0.2, -0.15) is 0 Å². The minimum atomic E-state index is 0.219. The highest BCUT2D eigenvalue weighted by atomic mass is 79.9. The lowest BCUT2D eigenvalue weighted by Gasteiger charge is -1.91. The summed E-state index contributed by atoms with van der Waals surface area (Å²) in [5, 5.41) is 5.86. The SMILES string of the molecule is Nc1noc(-c2sccc2Br)c1Cl. The van der Waals surface area contributed by atoms with Gasteiger partial charge in [-0.3, -0.25) is 0 Å². The first-order valence-corrected chi connectivity index (χ1v) is 5.39. The molecule has 2 aromatic rings. The summed E-state index contributed by atoms with van der Waals surface area (Å²) >= 11 is 10.8. The third kappa shape index (κ3) is 1.47. The highest BCUT2D eigenvalue weighted by Gasteiger charge is 2.16. The van der Waals surface area contributed by atoms with Crippen LogP contribution in [0.25, 0.3) is 10.6 Å². The summed E-state index contributed by atoms with van der Waals surface area (Å²) in [6.07, 6.45) is 0. The van der Waals surface area contributed by atoms with Gasteiger partial charge in [-0.1, -0.05) is 16.8 Å². The first-order valence-electron chi connectivity index (χ1n) is 3.34. The summed E-state index contributed by atoms with van der Waals surface area (Å²) in [5.74, 6) is 0.734. The molecule has 0 atom stereocenters. The van der Waals surface area contributed by atoms with E-state index >= 15 is 0 Å². The Morgan fingerprint density at radius 1 is 1.62 bits per heavy atom. The van der Waals surface area contributed by atoms with Gasteiger partial charge in [0.05, 0.1) is 4.88 Å². The van der Waals surface area contributed by atoms with Crippen LogP contribution in [0.15, 0.2) is 20.4 Å². The highest BCUT2D eigenvalue weighted by Crippen LogP contribution is 2.39. The largest absolute Gasteiger partial charge is 0.380 e. The second kappa shape index (κ2) is 3.32. The molecule has 0 aliphatic rings. The number of nitrogen functional groups attached to an aromatic ring is 1. The van der Waals surface area contributed by atoms with E-state index < -0.39 is 0 Å². The molecule has 0 bridgehead atoms. The summed E-state index contributed by atoms with van der Waals surface area (Å²) in [5.41, 5.74) is 5.45. The molecule has 6 heteroatoms. The van der Waals surface area contributed by atoms with Gasteiger partial charge in [0, 0.05) is 4.47 Å². The van der Waals surface area contributed by atoms with Crippen molar-refractivity contribution in [1.82, 2.24) is 5.16 Å². The van der Waals surface area contributed by atoms with Gasteiger partial charge in [-0.25, -0.2) is 0 Å². The molecule has 2 rings (SSSR count). The maximum absolute atomic E-state index is 5.88. The van der Waals surface area contributed by atoms with E-state index in [0.717, 1.165) is 9.35 Å². The molecule has 3 nitrogen and oxygen atoms in total. The number of hydrogen-bond donors (Lipinski definition) is 1. The number of anilines is 1. The zero-order chi connectivity index (χ0) is 9.42. The molecular weight excluding hydrogens is 276 g/mol. The summed E-state index contributed by atoms with van der Waals surface area (Å²) in [6, 6.07) is 1.91. The highest BCUT2D eigenvalue weighted by molar-refractivity contribution is 9.10. The van der Waals surface area contributed by atoms with Gasteiger partial charge in [0.2, 0.25) is 0 Å². The Hall–Kier alpha value is -0.520. The second-order valence-corrected chi connectivity index (χ2v) is 4.46. The zero-order valence-electron chi connectivity index (χ0n) is 6.25. The number of halogens is 2. The van der Waals surface area contributed by atoms with Crippen LogP contribution in [0.3, 0.4) is 0 Å². The summed E-state index contributed by atoms with van der Waals surface area (Å²) in [7, 11) is 0. The van der Waals surface area contributed by atoms with E-state index in [4.69, 9.17) is 21.9 Å². The predicted octanol–water partition coefficient (Wildman–Crippen LogP) is 3.40. The number of rotatable bonds is 1. The Balaban J connectivity index is 2.59. The van der Waals surface area contributed by atoms with Crippen molar-refractivity contribution in [2.24, 2.45) is 0 Å². The molecule has 0 fully saturated rings. The Morgan fingerprint density at radius 2 is 2.38 bits per heavy atom. The molecule has 0 amide bonds. The number of hydrogen-bond acceptors (Lipinski definition) is 4. The maximum Gasteiger partial charge on any atom is 0.198 e. The van der Waals surface area contributed by atoms with Gasteiger partial charge in [-0.05, 0) is 27.4 Å². The molecule has 68 valence electrons. The van der Waals surface area contributed by atoms with E-state index in [-0.39, 0.29) is 5.82 Å². The van der Waals surface area contributed by atoms with Crippen LogP contribution in [0, 0.1) is 0 Å². The van der Waals surface area contributed by atoms with E-state index in [0.29, 0.717) is 10.8 Å². The van der Waals surface area contributed by atoms with Crippen molar-refractivity contribution in [1.29, 1.82) is 0 Å². The fourth-order valence-corrected chi connectivity index (χ4v) is 2.64. The number of nitrogens with two attached hydrogens (primary N) is 1. The molecule has 0 radical (unpaired) electrons. The first kappa shape index (κ1) is 9.05. The van der Waals surface area contributed by atoms with Crippen molar-refractivity contribution < 1.29 is 4.52 Å². The minimum absolute atomic E-state index is 0.219. The molecule has 0 saturated carbocycles. The smallest absolute Gasteiger partial charge is 0.198 e. The lowest BCUT2D eigenvalue weighted by Crippen LogP contribution is -1.82.